The van der Waals surface area contributed by atoms with Crippen LogP contribution in [0, 0.1) is 5.92 Å². The average molecular weight is 494 g/mol. The number of nitrogens with zero attached hydrogens (tertiary/aromatic N) is 2. The molecule has 178 valence electrons. The molecule has 1 aliphatic heterocycles. The summed E-state index contributed by atoms with van der Waals surface area (Å²) in [5, 5.41) is 1.68. The van der Waals surface area contributed by atoms with Crippen molar-refractivity contribution >= 4 is 44.8 Å². The number of anilines is 1. The molecule has 1 aliphatic rings. The Bertz CT molecular complexity index is 1080. The van der Waals surface area contributed by atoms with E-state index in [0.717, 1.165) is 11.3 Å². The fraction of sp³-hybridized carbons (Fsp3) is 0.409. The van der Waals surface area contributed by atoms with Gasteiger partial charge in [0, 0.05) is 31.4 Å². The monoisotopic (exact) mass is 493 g/mol. The third kappa shape index (κ3) is 6.32. The van der Waals surface area contributed by atoms with Crippen LogP contribution in [-0.2, 0) is 24.3 Å². The zero-order valence-electron chi connectivity index (χ0n) is 18.5. The largest absolute Gasteiger partial charge is 0.466 e. The van der Waals surface area contributed by atoms with Gasteiger partial charge in [-0.15, -0.1) is 11.3 Å². The minimum absolute atomic E-state index is 0.0876. The average Bonchev–Trinajstić information content (AvgIpc) is 3.35. The van der Waals surface area contributed by atoms with E-state index >= 15 is 0 Å². The van der Waals surface area contributed by atoms with Crippen molar-refractivity contribution in [1.29, 1.82) is 0 Å². The number of nitrogens with one attached hydrogen (secondary N) is 1. The summed E-state index contributed by atoms with van der Waals surface area (Å²) >= 11 is 1.11. The number of benzene rings is 1. The number of likely N-dealkylation sites (tertiary alicyclic amines) is 1. The Hall–Kier alpha value is -2.92. The van der Waals surface area contributed by atoms with Gasteiger partial charge < -0.3 is 14.5 Å². The Morgan fingerprint density at radius 3 is 2.39 bits per heavy atom. The van der Waals surface area contributed by atoms with Gasteiger partial charge in [0.15, 0.2) is 0 Å². The molecule has 3 rings (SSSR count). The SMILES string of the molecule is CCOC(=O)C1CCN(C(=O)CN(C)C(=O)c2ccc(NS(=O)(=O)c3cccs3)cc2)CC1. The van der Waals surface area contributed by atoms with Gasteiger partial charge in [-0.05, 0) is 55.5 Å². The number of piperidine rings is 1. The molecule has 9 nitrogen and oxygen atoms in total. The van der Waals surface area contributed by atoms with E-state index in [1.165, 1.54) is 35.2 Å². The summed E-state index contributed by atoms with van der Waals surface area (Å²) in [6.07, 6.45) is 1.09. The molecule has 2 heterocycles. The molecular weight excluding hydrogens is 466 g/mol. The molecule has 2 amide bonds. The van der Waals surface area contributed by atoms with Gasteiger partial charge in [0.25, 0.3) is 15.9 Å². The second kappa shape index (κ2) is 10.8. The third-order valence-electron chi connectivity index (χ3n) is 5.33. The first-order valence-corrected chi connectivity index (χ1v) is 12.9. The summed E-state index contributed by atoms with van der Waals surface area (Å²) in [6, 6.07) is 9.21. The first-order chi connectivity index (χ1) is 15.7. The van der Waals surface area contributed by atoms with E-state index in [-0.39, 0.29) is 34.5 Å². The molecule has 2 aromatic rings. The number of carbonyl (C=O) groups is 3. The van der Waals surface area contributed by atoms with Crippen LogP contribution in [0.1, 0.15) is 30.1 Å². The second-order valence-electron chi connectivity index (χ2n) is 7.68. The van der Waals surface area contributed by atoms with Crippen molar-refractivity contribution in [3.8, 4) is 0 Å². The number of carbonyl (C=O) groups excluding carboxylic acids is 3. The minimum atomic E-state index is -3.67. The molecule has 0 spiro atoms. The zero-order chi connectivity index (χ0) is 24.0. The van der Waals surface area contributed by atoms with Gasteiger partial charge in [-0.2, -0.15) is 0 Å². The molecule has 11 heteroatoms. The van der Waals surface area contributed by atoms with Crippen molar-refractivity contribution in [3.63, 3.8) is 0 Å². The number of ether oxygens (including phenoxy) is 1. The zero-order valence-corrected chi connectivity index (χ0v) is 20.2. The van der Waals surface area contributed by atoms with Crippen molar-refractivity contribution in [2.75, 3.05) is 38.0 Å². The number of amides is 2. The van der Waals surface area contributed by atoms with E-state index in [0.29, 0.717) is 43.8 Å². The Morgan fingerprint density at radius 1 is 1.15 bits per heavy atom. The minimum Gasteiger partial charge on any atom is -0.466 e. The predicted octanol–water partition coefficient (Wildman–Crippen LogP) is 2.42. The van der Waals surface area contributed by atoms with Gasteiger partial charge in [-0.1, -0.05) is 6.07 Å². The summed E-state index contributed by atoms with van der Waals surface area (Å²) in [4.78, 5) is 40.1. The number of sulfonamides is 1. The van der Waals surface area contributed by atoms with Crippen LogP contribution in [-0.4, -0.2) is 69.3 Å². The lowest BCUT2D eigenvalue weighted by atomic mass is 9.97. The maximum absolute atomic E-state index is 12.7. The summed E-state index contributed by atoms with van der Waals surface area (Å²) in [5.74, 6) is -0.951. The molecule has 1 aromatic carbocycles. The lowest BCUT2D eigenvalue weighted by Crippen LogP contribution is -2.45. The maximum Gasteiger partial charge on any atom is 0.309 e. The highest BCUT2D eigenvalue weighted by atomic mass is 32.2. The van der Waals surface area contributed by atoms with Gasteiger partial charge in [0.05, 0.1) is 19.1 Å². The maximum atomic E-state index is 12.7. The first-order valence-electron chi connectivity index (χ1n) is 10.6. The number of hydrogen-bond acceptors (Lipinski definition) is 7. The van der Waals surface area contributed by atoms with Gasteiger partial charge in [-0.3, -0.25) is 19.1 Å². The number of likely N-dealkylation sites (N-methyl/N-ethyl adjacent to an activating group) is 1. The molecule has 1 aromatic heterocycles. The fourth-order valence-corrected chi connectivity index (χ4v) is 5.57. The number of rotatable bonds is 8. The van der Waals surface area contributed by atoms with E-state index in [4.69, 9.17) is 4.74 Å². The van der Waals surface area contributed by atoms with Crippen molar-refractivity contribution < 1.29 is 27.5 Å². The van der Waals surface area contributed by atoms with Crippen LogP contribution in [0.2, 0.25) is 0 Å². The molecule has 0 bridgehead atoms. The van der Waals surface area contributed by atoms with Gasteiger partial charge in [0.1, 0.15) is 4.21 Å². The molecule has 1 N–H and O–H groups in total. The summed E-state index contributed by atoms with van der Waals surface area (Å²) in [5.41, 5.74) is 0.675. The topological polar surface area (TPSA) is 113 Å². The quantitative estimate of drug-likeness (QED) is 0.565. The molecule has 0 atom stereocenters. The lowest BCUT2D eigenvalue weighted by Gasteiger charge is -2.32. The second-order valence-corrected chi connectivity index (χ2v) is 10.5. The molecule has 0 saturated carbocycles. The van der Waals surface area contributed by atoms with Gasteiger partial charge in [0.2, 0.25) is 5.91 Å². The highest BCUT2D eigenvalue weighted by molar-refractivity contribution is 7.94. The fourth-order valence-electron chi connectivity index (χ4n) is 3.52. The van der Waals surface area contributed by atoms with E-state index < -0.39 is 10.0 Å². The Balaban J connectivity index is 1.52. The molecule has 0 radical (unpaired) electrons. The molecule has 33 heavy (non-hydrogen) atoms. The van der Waals surface area contributed by atoms with Crippen LogP contribution >= 0.6 is 11.3 Å². The molecule has 0 unspecified atom stereocenters. The van der Waals surface area contributed by atoms with Crippen LogP contribution in [0.15, 0.2) is 46.0 Å². The Labute approximate surface area is 197 Å². The molecule has 1 saturated heterocycles. The number of hydrogen-bond donors (Lipinski definition) is 1. The van der Waals surface area contributed by atoms with E-state index in [1.54, 1.807) is 30.3 Å². The van der Waals surface area contributed by atoms with Gasteiger partial charge in [-0.25, -0.2) is 8.42 Å². The summed E-state index contributed by atoms with van der Waals surface area (Å²) in [7, 11) is -2.13. The smallest absolute Gasteiger partial charge is 0.309 e. The Morgan fingerprint density at radius 2 is 1.82 bits per heavy atom. The van der Waals surface area contributed by atoms with Crippen molar-refractivity contribution in [1.82, 2.24) is 9.80 Å². The number of esters is 1. The van der Waals surface area contributed by atoms with Crippen LogP contribution in [0.25, 0.3) is 0 Å². The van der Waals surface area contributed by atoms with Crippen molar-refractivity contribution in [2.45, 2.75) is 24.0 Å². The predicted molar refractivity (Wildman–Crippen MR) is 124 cm³/mol. The lowest BCUT2D eigenvalue weighted by molar-refractivity contribution is -0.151. The van der Waals surface area contributed by atoms with Crippen molar-refractivity contribution in [3.05, 3.63) is 47.3 Å². The van der Waals surface area contributed by atoms with Crippen molar-refractivity contribution in [2.24, 2.45) is 5.92 Å². The standard InChI is InChI=1S/C22H27N3O6S2/c1-3-31-22(28)17-10-12-25(13-11-17)19(26)15-24(2)21(27)16-6-8-18(9-7-16)23-33(29,30)20-5-4-14-32-20/h4-9,14,17,23H,3,10-13,15H2,1-2H3. The molecular formula is C22H27N3O6S2. The normalized spacial score (nSPS) is 14.5. The summed E-state index contributed by atoms with van der Waals surface area (Å²) in [6.45, 7) is 2.91. The molecule has 0 aliphatic carbocycles. The van der Waals surface area contributed by atoms with E-state index in [2.05, 4.69) is 4.72 Å². The summed E-state index contributed by atoms with van der Waals surface area (Å²) < 4.78 is 32.3. The van der Waals surface area contributed by atoms with Crippen LogP contribution in [0.5, 0.6) is 0 Å². The highest BCUT2D eigenvalue weighted by Gasteiger charge is 2.29. The van der Waals surface area contributed by atoms with Gasteiger partial charge >= 0.3 is 5.97 Å². The Kier molecular flexibility index (Phi) is 8.09. The van der Waals surface area contributed by atoms with Crippen LogP contribution < -0.4 is 4.72 Å². The van der Waals surface area contributed by atoms with Crippen LogP contribution in [0.4, 0.5) is 5.69 Å². The highest BCUT2D eigenvalue weighted by Crippen LogP contribution is 2.21. The third-order valence-corrected chi connectivity index (χ3v) is 8.11. The number of thiophene rings is 1. The van der Waals surface area contributed by atoms with Crippen LogP contribution in [0.3, 0.4) is 0 Å². The van der Waals surface area contributed by atoms with E-state index in [9.17, 15) is 22.8 Å². The molecule has 1 fully saturated rings. The van der Waals surface area contributed by atoms with E-state index in [1.807, 2.05) is 0 Å². The first kappa shape index (κ1) is 24.7.